The molecule has 2 rings (SSSR count). The number of nitrogens with zero attached hydrogens (tertiary/aromatic N) is 4. The first-order chi connectivity index (χ1) is 9.73. The highest BCUT2D eigenvalue weighted by molar-refractivity contribution is 6.16. The highest BCUT2D eigenvalue weighted by Gasteiger charge is 2.03. The molecule has 0 amide bonds. The zero-order valence-corrected chi connectivity index (χ0v) is 12.5. The smallest absolute Gasteiger partial charge is 0.241 e. The van der Waals surface area contributed by atoms with E-state index in [1.165, 1.54) is 0 Å². The zero-order valence-electron chi connectivity index (χ0n) is 11.0. The topological polar surface area (TPSA) is 96.3 Å². The van der Waals surface area contributed by atoms with Crippen LogP contribution >= 0.6 is 23.2 Å². The summed E-state index contributed by atoms with van der Waals surface area (Å²) in [7, 11) is 3.13. The Morgan fingerprint density at radius 3 is 1.50 bits per heavy atom. The third-order valence-electron chi connectivity index (χ3n) is 1.80. The monoisotopic (exact) mass is 324 g/mol. The minimum absolute atomic E-state index is 0.247. The van der Waals surface area contributed by atoms with Gasteiger partial charge in [0, 0.05) is 14.2 Å². The van der Waals surface area contributed by atoms with E-state index in [4.69, 9.17) is 41.7 Å². The molecule has 0 unspecified atom stereocenters. The van der Waals surface area contributed by atoms with Gasteiger partial charge in [0.05, 0.1) is 0 Å². The fourth-order valence-electron chi connectivity index (χ4n) is 1.06. The molecule has 0 aliphatic heterocycles. The quantitative estimate of drug-likeness (QED) is 0.743. The van der Waals surface area contributed by atoms with Crippen LogP contribution in [0.2, 0.25) is 0 Å². The molecule has 0 N–H and O–H groups in total. The summed E-state index contributed by atoms with van der Waals surface area (Å²) in [4.78, 5) is 7.77. The summed E-state index contributed by atoms with van der Waals surface area (Å²) >= 11 is 10.8. The minimum atomic E-state index is 0.247. The summed E-state index contributed by atoms with van der Waals surface area (Å²) in [6, 6.07) is 0. The highest BCUT2D eigenvalue weighted by atomic mass is 35.5. The summed E-state index contributed by atoms with van der Waals surface area (Å²) in [5.41, 5.74) is 0. The molecule has 0 aromatic carbocycles. The Morgan fingerprint density at radius 1 is 0.850 bits per heavy atom. The lowest BCUT2D eigenvalue weighted by Crippen LogP contribution is -1.89. The fourth-order valence-corrected chi connectivity index (χ4v) is 1.28. The maximum absolute atomic E-state index is 5.40. The van der Waals surface area contributed by atoms with Crippen molar-refractivity contribution >= 4 is 23.2 Å². The lowest BCUT2D eigenvalue weighted by atomic mass is 10.6. The standard InChI is InChI=1S/2C5H7ClN2O2/c2*1-9-3-4-7-5(2-6)10-8-4/h2*2-3H2,1H3. The summed E-state index contributed by atoms with van der Waals surface area (Å²) in [6.45, 7) is 0.723. The molecule has 20 heavy (non-hydrogen) atoms. The molecule has 8 nitrogen and oxygen atoms in total. The van der Waals surface area contributed by atoms with Crippen LogP contribution in [0.15, 0.2) is 9.05 Å². The summed E-state index contributed by atoms with van der Waals surface area (Å²) in [6.07, 6.45) is 0. The van der Waals surface area contributed by atoms with E-state index in [1.54, 1.807) is 14.2 Å². The Bertz CT molecular complexity index is 447. The van der Waals surface area contributed by atoms with Gasteiger partial charge in [-0.1, -0.05) is 10.3 Å². The average molecular weight is 325 g/mol. The number of methoxy groups -OCH3 is 2. The molecule has 0 spiro atoms. The highest BCUT2D eigenvalue weighted by Crippen LogP contribution is 2.01. The molecule has 2 aromatic heterocycles. The molecular formula is C10H14Cl2N4O4. The molecule has 0 aliphatic rings. The van der Waals surface area contributed by atoms with Crippen molar-refractivity contribution in [3.05, 3.63) is 23.4 Å². The maximum atomic E-state index is 5.40. The van der Waals surface area contributed by atoms with Crippen LogP contribution in [0.1, 0.15) is 23.4 Å². The second kappa shape index (κ2) is 9.65. The number of aromatic nitrogens is 4. The van der Waals surface area contributed by atoms with Gasteiger partial charge >= 0.3 is 0 Å². The molecule has 0 saturated heterocycles. The normalized spacial score (nSPS) is 10.2. The molecule has 0 atom stereocenters. The van der Waals surface area contributed by atoms with Crippen LogP contribution in [0.4, 0.5) is 0 Å². The Hall–Kier alpha value is -1.22. The molecule has 2 aromatic rings. The number of halogens is 2. The SMILES string of the molecule is COCc1noc(CCl)n1.COCc1noc(CCl)n1. The van der Waals surface area contributed by atoms with Crippen LogP contribution in [0.5, 0.6) is 0 Å². The van der Waals surface area contributed by atoms with Crippen LogP contribution in [0.3, 0.4) is 0 Å². The fraction of sp³-hybridized carbons (Fsp3) is 0.600. The van der Waals surface area contributed by atoms with E-state index in [-0.39, 0.29) is 11.8 Å². The Morgan fingerprint density at radius 2 is 1.25 bits per heavy atom. The third kappa shape index (κ3) is 5.83. The average Bonchev–Trinajstić information content (AvgIpc) is 3.09. The van der Waals surface area contributed by atoms with Gasteiger partial charge in [-0.15, -0.1) is 23.2 Å². The summed E-state index contributed by atoms with van der Waals surface area (Å²) < 4.78 is 18.9. The van der Waals surface area contributed by atoms with Crippen molar-refractivity contribution in [2.24, 2.45) is 0 Å². The van der Waals surface area contributed by atoms with Crippen molar-refractivity contribution in [3.8, 4) is 0 Å². The van der Waals surface area contributed by atoms with Gasteiger partial charge in [-0.2, -0.15) is 9.97 Å². The first kappa shape index (κ1) is 16.8. The van der Waals surface area contributed by atoms with Gasteiger partial charge in [-0.3, -0.25) is 0 Å². The number of alkyl halides is 2. The summed E-state index contributed by atoms with van der Waals surface area (Å²) in [5.74, 6) is 2.40. The van der Waals surface area contributed by atoms with E-state index in [0.29, 0.717) is 36.6 Å². The van der Waals surface area contributed by atoms with Crippen molar-refractivity contribution < 1.29 is 18.5 Å². The maximum Gasteiger partial charge on any atom is 0.241 e. The number of hydrogen-bond donors (Lipinski definition) is 0. The van der Waals surface area contributed by atoms with E-state index in [2.05, 4.69) is 20.3 Å². The molecular weight excluding hydrogens is 311 g/mol. The molecule has 0 saturated carbocycles. The van der Waals surface area contributed by atoms with Crippen molar-refractivity contribution in [2.75, 3.05) is 14.2 Å². The van der Waals surface area contributed by atoms with Crippen LogP contribution in [0.25, 0.3) is 0 Å². The van der Waals surface area contributed by atoms with Gasteiger partial charge < -0.3 is 18.5 Å². The Kier molecular flexibility index (Phi) is 8.12. The number of rotatable bonds is 6. The van der Waals surface area contributed by atoms with Crippen molar-refractivity contribution in [1.29, 1.82) is 0 Å². The van der Waals surface area contributed by atoms with E-state index < -0.39 is 0 Å². The van der Waals surface area contributed by atoms with Gasteiger partial charge in [-0.05, 0) is 0 Å². The molecule has 10 heteroatoms. The predicted octanol–water partition coefficient (Wildman–Crippen LogP) is 1.91. The molecule has 0 aliphatic carbocycles. The number of hydrogen-bond acceptors (Lipinski definition) is 8. The van der Waals surface area contributed by atoms with E-state index in [9.17, 15) is 0 Å². The van der Waals surface area contributed by atoms with Gasteiger partial charge in [0.15, 0.2) is 11.6 Å². The van der Waals surface area contributed by atoms with Crippen molar-refractivity contribution in [3.63, 3.8) is 0 Å². The second-order valence-electron chi connectivity index (χ2n) is 3.34. The van der Waals surface area contributed by atoms with Crippen LogP contribution in [0, 0.1) is 0 Å². The van der Waals surface area contributed by atoms with E-state index in [0.717, 1.165) is 0 Å². The Labute approximate surface area is 125 Å². The predicted molar refractivity (Wildman–Crippen MR) is 69.1 cm³/mol. The molecule has 0 fully saturated rings. The summed E-state index contributed by atoms with van der Waals surface area (Å²) in [5, 5.41) is 7.16. The van der Waals surface area contributed by atoms with Crippen molar-refractivity contribution in [1.82, 2.24) is 20.3 Å². The van der Waals surface area contributed by atoms with Gasteiger partial charge in [0.1, 0.15) is 25.0 Å². The first-order valence-electron chi connectivity index (χ1n) is 5.46. The lowest BCUT2D eigenvalue weighted by molar-refractivity contribution is 0.174. The first-order valence-corrected chi connectivity index (χ1v) is 6.53. The van der Waals surface area contributed by atoms with Gasteiger partial charge in [0.2, 0.25) is 11.8 Å². The minimum Gasteiger partial charge on any atom is -0.377 e. The molecule has 0 radical (unpaired) electrons. The van der Waals surface area contributed by atoms with Crippen LogP contribution < -0.4 is 0 Å². The molecule has 112 valence electrons. The zero-order chi connectivity index (χ0) is 14.8. The van der Waals surface area contributed by atoms with Gasteiger partial charge in [-0.25, -0.2) is 0 Å². The largest absolute Gasteiger partial charge is 0.377 e. The molecule has 0 bridgehead atoms. The Balaban J connectivity index is 0.000000200. The molecule has 2 heterocycles. The van der Waals surface area contributed by atoms with Crippen LogP contribution in [-0.2, 0) is 34.4 Å². The van der Waals surface area contributed by atoms with Gasteiger partial charge in [0.25, 0.3) is 0 Å². The van der Waals surface area contributed by atoms with E-state index in [1.807, 2.05) is 0 Å². The number of ether oxygens (including phenoxy) is 2. The third-order valence-corrected chi connectivity index (χ3v) is 2.25. The lowest BCUT2D eigenvalue weighted by Gasteiger charge is -1.85. The second-order valence-corrected chi connectivity index (χ2v) is 3.88. The van der Waals surface area contributed by atoms with E-state index >= 15 is 0 Å². The van der Waals surface area contributed by atoms with Crippen molar-refractivity contribution in [2.45, 2.75) is 25.0 Å². The van der Waals surface area contributed by atoms with Crippen LogP contribution in [-0.4, -0.2) is 34.5 Å².